The van der Waals surface area contributed by atoms with Crippen LogP contribution in [0.1, 0.15) is 16.8 Å². The molecule has 0 fully saturated rings. The van der Waals surface area contributed by atoms with E-state index in [1.54, 1.807) is 24.3 Å². The average molecular weight is 285 g/mol. The first kappa shape index (κ1) is 14.9. The molecule has 0 atom stereocenters. The largest absolute Gasteiger partial charge is 0.494 e. The van der Waals surface area contributed by atoms with E-state index >= 15 is 0 Å². The van der Waals surface area contributed by atoms with Crippen molar-refractivity contribution in [2.45, 2.75) is 6.42 Å². The topological polar surface area (TPSA) is 49.8 Å². The van der Waals surface area contributed by atoms with Crippen molar-refractivity contribution >= 4 is 11.7 Å². The summed E-state index contributed by atoms with van der Waals surface area (Å²) >= 11 is 0. The molecule has 21 heavy (non-hydrogen) atoms. The molecule has 0 aliphatic heterocycles. The Labute approximate surface area is 124 Å². The van der Waals surface area contributed by atoms with Gasteiger partial charge >= 0.3 is 5.97 Å². The molecule has 0 radical (unpaired) electrons. The molecule has 0 saturated carbocycles. The van der Waals surface area contributed by atoms with Crippen molar-refractivity contribution in [1.82, 2.24) is 0 Å². The van der Waals surface area contributed by atoms with Crippen LogP contribution in [-0.4, -0.2) is 31.3 Å². The van der Waals surface area contributed by atoms with Crippen LogP contribution in [0.2, 0.25) is 0 Å². The fraction of sp³-hybridized carbons (Fsp3) is 0.235. The Morgan fingerprint density at radius 1 is 1.14 bits per heavy atom. The Morgan fingerprint density at radius 3 is 2.62 bits per heavy atom. The minimum absolute atomic E-state index is 0.244. The van der Waals surface area contributed by atoms with Gasteiger partial charge in [0.05, 0.1) is 12.2 Å². The molecule has 0 amide bonds. The summed E-state index contributed by atoms with van der Waals surface area (Å²) in [7, 11) is 2.04. The van der Waals surface area contributed by atoms with E-state index in [0.29, 0.717) is 12.4 Å². The van der Waals surface area contributed by atoms with Gasteiger partial charge in [-0.05, 0) is 36.8 Å². The zero-order valence-corrected chi connectivity index (χ0v) is 12.0. The first-order valence-electron chi connectivity index (χ1n) is 6.89. The van der Waals surface area contributed by atoms with Crippen LogP contribution >= 0.6 is 0 Å². The van der Waals surface area contributed by atoms with Crippen LogP contribution in [0.15, 0.2) is 54.6 Å². The predicted molar refractivity (Wildman–Crippen MR) is 83.2 cm³/mol. The molecule has 2 aromatic rings. The fourth-order valence-corrected chi connectivity index (χ4v) is 2.02. The van der Waals surface area contributed by atoms with Crippen molar-refractivity contribution in [2.24, 2.45) is 0 Å². The molecule has 4 heteroatoms. The molecule has 0 saturated heterocycles. The fourth-order valence-electron chi connectivity index (χ4n) is 2.02. The highest BCUT2D eigenvalue weighted by molar-refractivity contribution is 5.87. The maximum Gasteiger partial charge on any atom is 0.335 e. The van der Waals surface area contributed by atoms with Gasteiger partial charge in [-0.25, -0.2) is 4.79 Å². The highest BCUT2D eigenvalue weighted by Crippen LogP contribution is 2.14. The minimum atomic E-state index is -0.940. The maximum atomic E-state index is 10.9. The van der Waals surface area contributed by atoms with Crippen LogP contribution in [0, 0.1) is 0 Å². The zero-order valence-electron chi connectivity index (χ0n) is 12.0. The summed E-state index contributed by atoms with van der Waals surface area (Å²) in [6.07, 6.45) is 0.864. The molecule has 0 bridgehead atoms. The summed E-state index contributed by atoms with van der Waals surface area (Å²) in [5.41, 5.74) is 1.42. The molecule has 0 spiro atoms. The second kappa shape index (κ2) is 7.33. The van der Waals surface area contributed by atoms with Gasteiger partial charge < -0.3 is 14.7 Å². The van der Waals surface area contributed by atoms with Gasteiger partial charge in [0, 0.05) is 19.3 Å². The number of hydrogen-bond acceptors (Lipinski definition) is 3. The summed E-state index contributed by atoms with van der Waals surface area (Å²) in [6, 6.07) is 16.7. The second-order valence-electron chi connectivity index (χ2n) is 4.79. The van der Waals surface area contributed by atoms with Crippen molar-refractivity contribution in [3.63, 3.8) is 0 Å². The van der Waals surface area contributed by atoms with Crippen molar-refractivity contribution in [3.8, 4) is 5.75 Å². The highest BCUT2D eigenvalue weighted by atomic mass is 16.5. The summed E-state index contributed by atoms with van der Waals surface area (Å²) < 4.78 is 5.59. The number of benzene rings is 2. The van der Waals surface area contributed by atoms with Crippen molar-refractivity contribution in [3.05, 3.63) is 60.2 Å². The standard InChI is InChI=1S/C17H19NO3/c1-18(15-8-3-2-4-9-15)11-6-12-21-16-10-5-7-14(13-16)17(19)20/h2-5,7-10,13H,6,11-12H2,1H3,(H,19,20). The Hall–Kier alpha value is -2.49. The third-order valence-corrected chi connectivity index (χ3v) is 3.18. The smallest absolute Gasteiger partial charge is 0.335 e. The van der Waals surface area contributed by atoms with Crippen LogP contribution in [-0.2, 0) is 0 Å². The SMILES string of the molecule is CN(CCCOc1cccc(C(=O)O)c1)c1ccccc1. The van der Waals surface area contributed by atoms with Gasteiger partial charge in [-0.15, -0.1) is 0 Å². The molecular weight excluding hydrogens is 266 g/mol. The zero-order chi connectivity index (χ0) is 15.1. The van der Waals surface area contributed by atoms with Gasteiger partial charge in [0.2, 0.25) is 0 Å². The van der Waals surface area contributed by atoms with Gasteiger partial charge in [-0.2, -0.15) is 0 Å². The van der Waals surface area contributed by atoms with E-state index in [9.17, 15) is 4.79 Å². The van der Waals surface area contributed by atoms with E-state index in [0.717, 1.165) is 13.0 Å². The Balaban J connectivity index is 1.77. The number of anilines is 1. The van der Waals surface area contributed by atoms with Gasteiger partial charge in [0.25, 0.3) is 0 Å². The number of aromatic carboxylic acids is 1. The number of rotatable bonds is 7. The lowest BCUT2D eigenvalue weighted by Gasteiger charge is -2.19. The first-order chi connectivity index (χ1) is 10.2. The van der Waals surface area contributed by atoms with E-state index in [4.69, 9.17) is 9.84 Å². The van der Waals surface area contributed by atoms with Crippen LogP contribution in [0.4, 0.5) is 5.69 Å². The van der Waals surface area contributed by atoms with Gasteiger partial charge in [-0.3, -0.25) is 0 Å². The molecular formula is C17H19NO3. The van der Waals surface area contributed by atoms with E-state index in [1.165, 1.54) is 5.69 Å². The number of ether oxygens (including phenoxy) is 1. The third-order valence-electron chi connectivity index (χ3n) is 3.18. The average Bonchev–Trinajstić information content (AvgIpc) is 2.52. The number of hydrogen-bond donors (Lipinski definition) is 1. The molecule has 0 aliphatic rings. The van der Waals surface area contributed by atoms with E-state index in [2.05, 4.69) is 17.0 Å². The lowest BCUT2D eigenvalue weighted by molar-refractivity contribution is 0.0696. The molecule has 0 unspecified atom stereocenters. The molecule has 0 heterocycles. The van der Waals surface area contributed by atoms with E-state index in [-0.39, 0.29) is 5.56 Å². The number of carboxylic acids is 1. The lowest BCUT2D eigenvalue weighted by Crippen LogP contribution is -2.20. The summed E-state index contributed by atoms with van der Waals surface area (Å²) in [5.74, 6) is -0.346. The molecule has 2 rings (SSSR count). The summed E-state index contributed by atoms with van der Waals surface area (Å²) in [4.78, 5) is 13.0. The Kier molecular flexibility index (Phi) is 5.21. The summed E-state index contributed by atoms with van der Waals surface area (Å²) in [6.45, 7) is 1.43. The van der Waals surface area contributed by atoms with E-state index in [1.807, 2.05) is 25.2 Å². The number of carbonyl (C=O) groups is 1. The molecule has 110 valence electrons. The minimum Gasteiger partial charge on any atom is -0.494 e. The number of nitrogens with zero attached hydrogens (tertiary/aromatic N) is 1. The monoisotopic (exact) mass is 285 g/mol. The third kappa shape index (κ3) is 4.53. The molecule has 1 N–H and O–H groups in total. The quantitative estimate of drug-likeness (QED) is 0.793. The van der Waals surface area contributed by atoms with Gasteiger partial charge in [0.15, 0.2) is 0 Å². The van der Waals surface area contributed by atoms with Gasteiger partial charge in [-0.1, -0.05) is 24.3 Å². The van der Waals surface area contributed by atoms with E-state index < -0.39 is 5.97 Å². The van der Waals surface area contributed by atoms with Crippen LogP contribution in [0.5, 0.6) is 5.75 Å². The molecule has 4 nitrogen and oxygen atoms in total. The Morgan fingerprint density at radius 2 is 1.90 bits per heavy atom. The highest BCUT2D eigenvalue weighted by Gasteiger charge is 2.04. The van der Waals surface area contributed by atoms with Crippen LogP contribution in [0.3, 0.4) is 0 Å². The first-order valence-corrected chi connectivity index (χ1v) is 6.89. The molecule has 0 aliphatic carbocycles. The number of para-hydroxylation sites is 1. The normalized spacial score (nSPS) is 10.1. The summed E-state index contributed by atoms with van der Waals surface area (Å²) in [5, 5.41) is 8.92. The molecule has 2 aromatic carbocycles. The number of carboxylic acid groups (broad SMARTS) is 1. The van der Waals surface area contributed by atoms with Crippen LogP contribution in [0.25, 0.3) is 0 Å². The van der Waals surface area contributed by atoms with Crippen molar-refractivity contribution < 1.29 is 14.6 Å². The second-order valence-corrected chi connectivity index (χ2v) is 4.79. The van der Waals surface area contributed by atoms with Crippen LogP contribution < -0.4 is 9.64 Å². The van der Waals surface area contributed by atoms with Crippen molar-refractivity contribution in [2.75, 3.05) is 25.1 Å². The Bertz CT molecular complexity index is 584. The van der Waals surface area contributed by atoms with Gasteiger partial charge in [0.1, 0.15) is 5.75 Å². The lowest BCUT2D eigenvalue weighted by atomic mass is 10.2. The predicted octanol–water partition coefficient (Wildman–Crippen LogP) is 3.29. The molecule has 0 aromatic heterocycles. The van der Waals surface area contributed by atoms with Crippen molar-refractivity contribution in [1.29, 1.82) is 0 Å². The maximum absolute atomic E-state index is 10.9.